The van der Waals surface area contributed by atoms with Crippen LogP contribution >= 0.6 is 0 Å². The van der Waals surface area contributed by atoms with Gasteiger partial charge in [-0.3, -0.25) is 4.79 Å². The highest BCUT2D eigenvalue weighted by Gasteiger charge is 2.29. The zero-order valence-electron chi connectivity index (χ0n) is 16.0. The lowest BCUT2D eigenvalue weighted by Crippen LogP contribution is -2.11. The van der Waals surface area contributed by atoms with Gasteiger partial charge in [-0.15, -0.1) is 10.2 Å². The molecular weight excluding hydrogens is 329 g/mol. The number of carbonyl (C=O) groups is 1. The fourth-order valence-corrected chi connectivity index (χ4v) is 3.28. The number of nitrogens with zero attached hydrogens (tertiary/aromatic N) is 3. The van der Waals surface area contributed by atoms with Crippen molar-refractivity contribution >= 4 is 5.78 Å². The third-order valence-corrected chi connectivity index (χ3v) is 5.01. The Morgan fingerprint density at radius 2 is 1.92 bits per heavy atom. The van der Waals surface area contributed by atoms with Crippen molar-refractivity contribution in [3.05, 3.63) is 46.8 Å². The van der Waals surface area contributed by atoms with Gasteiger partial charge in [-0.25, -0.2) is 4.39 Å². The van der Waals surface area contributed by atoms with Gasteiger partial charge in [0, 0.05) is 31.7 Å². The molecule has 1 aliphatic carbocycles. The molecule has 0 amide bonds. The third-order valence-electron chi connectivity index (χ3n) is 5.01. The second-order valence-corrected chi connectivity index (χ2v) is 7.85. The van der Waals surface area contributed by atoms with Crippen LogP contribution in [0.5, 0.6) is 0 Å². The van der Waals surface area contributed by atoms with Crippen molar-refractivity contribution in [3.63, 3.8) is 0 Å². The molecule has 1 saturated carbocycles. The van der Waals surface area contributed by atoms with Crippen molar-refractivity contribution in [3.8, 4) is 0 Å². The number of hydrogen-bond acceptors (Lipinski definition) is 3. The van der Waals surface area contributed by atoms with Crippen LogP contribution in [0.3, 0.4) is 0 Å². The average Bonchev–Trinajstić information content (AvgIpc) is 3.34. The number of Topliss-reactive ketones (excluding diaryl/α,β-unsaturated/α-hetero) is 1. The van der Waals surface area contributed by atoms with E-state index in [0.717, 1.165) is 35.6 Å². The maximum Gasteiger partial charge on any atom is 0.137 e. The minimum atomic E-state index is -0.259. The zero-order valence-corrected chi connectivity index (χ0v) is 16.0. The van der Waals surface area contributed by atoms with Crippen molar-refractivity contribution in [2.24, 2.45) is 5.92 Å². The topological polar surface area (TPSA) is 47.8 Å². The summed E-state index contributed by atoms with van der Waals surface area (Å²) in [7, 11) is 0. The van der Waals surface area contributed by atoms with Gasteiger partial charge in [0.15, 0.2) is 0 Å². The molecule has 1 aromatic carbocycles. The molecule has 0 saturated heterocycles. The van der Waals surface area contributed by atoms with E-state index in [1.807, 2.05) is 6.92 Å². The predicted octanol–water partition coefficient (Wildman–Crippen LogP) is 4.39. The Morgan fingerprint density at radius 1 is 1.23 bits per heavy atom. The van der Waals surface area contributed by atoms with Gasteiger partial charge in [0.25, 0.3) is 0 Å². The first-order valence-corrected chi connectivity index (χ1v) is 9.63. The summed E-state index contributed by atoms with van der Waals surface area (Å²) in [6.45, 7) is 6.28. The lowest BCUT2D eigenvalue weighted by molar-refractivity contribution is -0.118. The molecule has 2 aromatic rings. The number of rotatable bonds is 9. The first kappa shape index (κ1) is 18.7. The molecule has 1 heterocycles. The van der Waals surface area contributed by atoms with Crippen LogP contribution in [0.15, 0.2) is 18.2 Å². The molecule has 0 aliphatic heterocycles. The lowest BCUT2D eigenvalue weighted by atomic mass is 10.0. The Kier molecular flexibility index (Phi) is 5.84. The zero-order chi connectivity index (χ0) is 18.7. The van der Waals surface area contributed by atoms with Crippen LogP contribution < -0.4 is 0 Å². The molecule has 0 spiro atoms. The molecule has 0 unspecified atom stereocenters. The fraction of sp³-hybridized carbons (Fsp3) is 0.571. The summed E-state index contributed by atoms with van der Waals surface area (Å²) >= 11 is 0. The smallest absolute Gasteiger partial charge is 0.137 e. The summed E-state index contributed by atoms with van der Waals surface area (Å²) in [5.74, 6) is 2.55. The van der Waals surface area contributed by atoms with E-state index in [-0.39, 0.29) is 11.6 Å². The predicted molar refractivity (Wildman–Crippen MR) is 99.6 cm³/mol. The number of aryl methyl sites for hydroxylation is 3. The SMILES string of the molecule is Cc1cc(F)ccc1CC(=O)CCc1nnc(CCC(C)C)n1C1CC1. The molecule has 3 rings (SSSR count). The highest BCUT2D eigenvalue weighted by molar-refractivity contribution is 5.81. The maximum atomic E-state index is 13.2. The average molecular weight is 357 g/mol. The molecule has 140 valence electrons. The Morgan fingerprint density at radius 3 is 2.54 bits per heavy atom. The summed E-state index contributed by atoms with van der Waals surface area (Å²) in [5.41, 5.74) is 1.73. The van der Waals surface area contributed by atoms with Crippen LogP contribution in [0.2, 0.25) is 0 Å². The summed E-state index contributed by atoms with van der Waals surface area (Å²) in [5, 5.41) is 8.77. The Hall–Kier alpha value is -2.04. The summed E-state index contributed by atoms with van der Waals surface area (Å²) in [4.78, 5) is 12.4. The van der Waals surface area contributed by atoms with E-state index in [1.165, 1.54) is 25.0 Å². The van der Waals surface area contributed by atoms with Crippen molar-refractivity contribution in [2.75, 3.05) is 0 Å². The van der Waals surface area contributed by atoms with Crippen molar-refractivity contribution in [1.82, 2.24) is 14.8 Å². The molecule has 0 radical (unpaired) electrons. The van der Waals surface area contributed by atoms with Gasteiger partial charge in [0.05, 0.1) is 0 Å². The van der Waals surface area contributed by atoms with Gasteiger partial charge >= 0.3 is 0 Å². The van der Waals surface area contributed by atoms with E-state index in [1.54, 1.807) is 6.07 Å². The standard InChI is InChI=1S/C21H28FN3O/c1-14(2)4-10-20-23-24-21(25(20)18-7-8-18)11-9-19(26)13-16-5-6-17(22)12-15(16)3/h5-6,12,14,18H,4,7-11,13H2,1-3H3. The minimum Gasteiger partial charge on any atom is -0.312 e. The van der Waals surface area contributed by atoms with Crippen LogP contribution in [0.1, 0.15) is 68.3 Å². The highest BCUT2D eigenvalue weighted by atomic mass is 19.1. The molecule has 26 heavy (non-hydrogen) atoms. The van der Waals surface area contributed by atoms with E-state index in [2.05, 4.69) is 28.6 Å². The molecule has 0 atom stereocenters. The number of ketones is 1. The van der Waals surface area contributed by atoms with Gasteiger partial charge in [0.2, 0.25) is 0 Å². The summed E-state index contributed by atoms with van der Waals surface area (Å²) < 4.78 is 15.5. The molecule has 5 heteroatoms. The lowest BCUT2D eigenvalue weighted by Gasteiger charge is -2.10. The number of hydrogen-bond donors (Lipinski definition) is 0. The van der Waals surface area contributed by atoms with Crippen molar-refractivity contribution < 1.29 is 9.18 Å². The van der Waals surface area contributed by atoms with E-state index in [4.69, 9.17) is 0 Å². The fourth-order valence-electron chi connectivity index (χ4n) is 3.28. The highest BCUT2D eigenvalue weighted by Crippen LogP contribution is 2.37. The molecule has 4 nitrogen and oxygen atoms in total. The van der Waals surface area contributed by atoms with Crippen LogP contribution in [-0.2, 0) is 24.1 Å². The first-order valence-electron chi connectivity index (χ1n) is 9.63. The molecule has 0 bridgehead atoms. The Balaban J connectivity index is 1.61. The van der Waals surface area contributed by atoms with E-state index in [0.29, 0.717) is 31.2 Å². The monoisotopic (exact) mass is 357 g/mol. The number of aromatic nitrogens is 3. The van der Waals surface area contributed by atoms with Gasteiger partial charge < -0.3 is 4.57 Å². The molecule has 1 aromatic heterocycles. The molecule has 1 fully saturated rings. The first-order chi connectivity index (χ1) is 12.4. The number of carbonyl (C=O) groups excluding carboxylic acids is 1. The Bertz CT molecular complexity index is 778. The van der Waals surface area contributed by atoms with E-state index < -0.39 is 0 Å². The summed E-state index contributed by atoms with van der Waals surface area (Å²) in [6, 6.07) is 5.13. The van der Waals surface area contributed by atoms with Gasteiger partial charge in [-0.05, 0) is 55.4 Å². The molecular formula is C21H28FN3O. The van der Waals surface area contributed by atoms with Crippen LogP contribution in [0.25, 0.3) is 0 Å². The van der Waals surface area contributed by atoms with Gasteiger partial charge in [0.1, 0.15) is 23.2 Å². The second kappa shape index (κ2) is 8.11. The quantitative estimate of drug-likeness (QED) is 0.668. The molecule has 0 N–H and O–H groups in total. The number of benzene rings is 1. The largest absolute Gasteiger partial charge is 0.312 e. The normalized spacial score (nSPS) is 14.2. The Labute approximate surface area is 154 Å². The number of halogens is 1. The van der Waals surface area contributed by atoms with Crippen LogP contribution in [0.4, 0.5) is 4.39 Å². The van der Waals surface area contributed by atoms with E-state index in [9.17, 15) is 9.18 Å². The van der Waals surface area contributed by atoms with Gasteiger partial charge in [-0.2, -0.15) is 0 Å². The van der Waals surface area contributed by atoms with Gasteiger partial charge in [-0.1, -0.05) is 19.9 Å². The maximum absolute atomic E-state index is 13.2. The summed E-state index contributed by atoms with van der Waals surface area (Å²) in [6.07, 6.45) is 5.85. The van der Waals surface area contributed by atoms with Crippen molar-refractivity contribution in [1.29, 1.82) is 0 Å². The van der Waals surface area contributed by atoms with E-state index >= 15 is 0 Å². The van der Waals surface area contributed by atoms with Crippen LogP contribution in [0, 0.1) is 18.7 Å². The minimum absolute atomic E-state index is 0.161. The van der Waals surface area contributed by atoms with Crippen LogP contribution in [-0.4, -0.2) is 20.5 Å². The van der Waals surface area contributed by atoms with Crippen molar-refractivity contribution in [2.45, 2.75) is 71.8 Å². The third kappa shape index (κ3) is 4.77. The second-order valence-electron chi connectivity index (χ2n) is 7.85. The molecule has 1 aliphatic rings.